The quantitative estimate of drug-likeness (QED) is 0.483. The van der Waals surface area contributed by atoms with Gasteiger partial charge in [0, 0.05) is 60.4 Å². The third-order valence-corrected chi connectivity index (χ3v) is 5.59. The number of rotatable bonds is 7. The van der Waals surface area contributed by atoms with Crippen molar-refractivity contribution in [1.82, 2.24) is 19.8 Å². The second-order valence-corrected chi connectivity index (χ2v) is 8.12. The topological polar surface area (TPSA) is 92.0 Å². The van der Waals surface area contributed by atoms with Crippen molar-refractivity contribution in [2.75, 3.05) is 52.3 Å². The minimum atomic E-state index is -0.150. The van der Waals surface area contributed by atoms with Crippen LogP contribution in [0.5, 0.6) is 0 Å². The van der Waals surface area contributed by atoms with E-state index >= 15 is 0 Å². The van der Waals surface area contributed by atoms with Crippen molar-refractivity contribution in [2.24, 2.45) is 0 Å². The van der Waals surface area contributed by atoms with E-state index in [-0.39, 0.29) is 11.8 Å². The molecule has 0 aromatic carbocycles. The lowest BCUT2D eigenvalue weighted by molar-refractivity contribution is -0.130. The van der Waals surface area contributed by atoms with Crippen LogP contribution in [-0.2, 0) is 21.9 Å². The van der Waals surface area contributed by atoms with Crippen LogP contribution < -0.4 is 4.90 Å². The van der Waals surface area contributed by atoms with Gasteiger partial charge in [0.25, 0.3) is 5.91 Å². The average Bonchev–Trinajstić information content (AvgIpc) is 3.21. The van der Waals surface area contributed by atoms with Crippen LogP contribution in [0.25, 0.3) is 0 Å². The number of ether oxygens (including phenoxy) is 1. The number of methoxy groups -OCH3 is 1. The zero-order valence-corrected chi connectivity index (χ0v) is 18.6. The fourth-order valence-electron chi connectivity index (χ4n) is 3.06. The summed E-state index contributed by atoms with van der Waals surface area (Å²) in [6.07, 6.45) is 0. The van der Waals surface area contributed by atoms with Crippen molar-refractivity contribution in [3.05, 3.63) is 35.4 Å². The van der Waals surface area contributed by atoms with E-state index < -0.39 is 0 Å². The molecule has 2 aromatic rings. The minimum absolute atomic E-state index is 0.0358. The van der Waals surface area contributed by atoms with Crippen LogP contribution in [0.4, 0.5) is 5.82 Å². The lowest BCUT2D eigenvalue weighted by Crippen LogP contribution is -2.50. The van der Waals surface area contributed by atoms with Gasteiger partial charge in [-0.15, -0.1) is 0 Å². The van der Waals surface area contributed by atoms with Crippen molar-refractivity contribution in [3.8, 4) is 0 Å². The molecular weight excluding hydrogens is 406 g/mol. The molecule has 0 atom stereocenters. The first kappa shape index (κ1) is 22.1. The SMILES string of the molecule is COCc1cc(N(C)C)nc(SCc2ccc(C(=O)N3CCN(C(C)=O)CC3)o2)n1. The molecule has 2 amide bonds. The predicted octanol–water partition coefficient (Wildman–Crippen LogP) is 1.88. The van der Waals surface area contributed by atoms with Gasteiger partial charge in [0.05, 0.1) is 18.1 Å². The molecular formula is C20H27N5O4S. The van der Waals surface area contributed by atoms with Crippen LogP contribution in [0.15, 0.2) is 27.8 Å². The Balaban J connectivity index is 1.61. The van der Waals surface area contributed by atoms with Gasteiger partial charge in [0.1, 0.15) is 11.6 Å². The molecule has 30 heavy (non-hydrogen) atoms. The van der Waals surface area contributed by atoms with Gasteiger partial charge in [0.2, 0.25) is 5.91 Å². The summed E-state index contributed by atoms with van der Waals surface area (Å²) in [7, 11) is 5.48. The zero-order valence-electron chi connectivity index (χ0n) is 17.8. The Morgan fingerprint density at radius 2 is 1.87 bits per heavy atom. The summed E-state index contributed by atoms with van der Waals surface area (Å²) < 4.78 is 11.0. The van der Waals surface area contributed by atoms with Crippen LogP contribution in [0, 0.1) is 0 Å². The maximum Gasteiger partial charge on any atom is 0.289 e. The molecule has 0 N–H and O–H groups in total. The number of amides is 2. The monoisotopic (exact) mass is 433 g/mol. The van der Waals surface area contributed by atoms with Gasteiger partial charge in [-0.3, -0.25) is 9.59 Å². The van der Waals surface area contributed by atoms with Gasteiger partial charge in [0.15, 0.2) is 10.9 Å². The van der Waals surface area contributed by atoms with E-state index in [0.29, 0.717) is 55.2 Å². The van der Waals surface area contributed by atoms with E-state index in [4.69, 9.17) is 9.15 Å². The standard InChI is InChI=1S/C20H27N5O4S/c1-14(26)24-7-9-25(10-8-24)19(27)17-6-5-16(29-17)13-30-20-21-15(12-28-4)11-18(22-20)23(2)3/h5-6,11H,7-10,12-13H2,1-4H3. The first-order valence-corrected chi connectivity index (χ1v) is 10.7. The van der Waals surface area contributed by atoms with Crippen molar-refractivity contribution >= 4 is 29.4 Å². The molecule has 0 saturated carbocycles. The van der Waals surface area contributed by atoms with Crippen molar-refractivity contribution in [3.63, 3.8) is 0 Å². The number of nitrogens with zero attached hydrogens (tertiary/aromatic N) is 5. The largest absolute Gasteiger partial charge is 0.455 e. The van der Waals surface area contributed by atoms with Crippen LogP contribution in [0.2, 0.25) is 0 Å². The van der Waals surface area contributed by atoms with Crippen molar-refractivity contribution < 1.29 is 18.7 Å². The molecule has 1 aliphatic heterocycles. The summed E-state index contributed by atoms with van der Waals surface area (Å²) in [4.78, 5) is 38.5. The summed E-state index contributed by atoms with van der Waals surface area (Å²) in [5.41, 5.74) is 0.804. The van der Waals surface area contributed by atoms with Crippen LogP contribution >= 0.6 is 11.8 Å². The molecule has 0 aliphatic carbocycles. The van der Waals surface area contributed by atoms with E-state index in [9.17, 15) is 9.59 Å². The second kappa shape index (κ2) is 9.94. The minimum Gasteiger partial charge on any atom is -0.455 e. The summed E-state index contributed by atoms with van der Waals surface area (Å²) in [5, 5.41) is 0.623. The smallest absolute Gasteiger partial charge is 0.289 e. The van der Waals surface area contributed by atoms with Gasteiger partial charge >= 0.3 is 0 Å². The molecule has 1 aliphatic rings. The third-order valence-electron chi connectivity index (χ3n) is 4.72. The molecule has 10 heteroatoms. The second-order valence-electron chi connectivity index (χ2n) is 7.18. The Morgan fingerprint density at radius 3 is 2.50 bits per heavy atom. The predicted molar refractivity (Wildman–Crippen MR) is 113 cm³/mol. The molecule has 0 unspecified atom stereocenters. The molecule has 1 saturated heterocycles. The number of hydrogen-bond acceptors (Lipinski definition) is 8. The summed E-state index contributed by atoms with van der Waals surface area (Å²) in [5.74, 6) is 2.19. The highest BCUT2D eigenvalue weighted by atomic mass is 32.2. The summed E-state index contributed by atoms with van der Waals surface area (Å²) >= 11 is 1.44. The van der Waals surface area contributed by atoms with Crippen LogP contribution in [0.3, 0.4) is 0 Å². The fraction of sp³-hybridized carbons (Fsp3) is 0.500. The first-order chi connectivity index (χ1) is 14.4. The van der Waals surface area contributed by atoms with Gasteiger partial charge in [-0.1, -0.05) is 11.8 Å². The number of hydrogen-bond donors (Lipinski definition) is 0. The molecule has 0 spiro atoms. The third kappa shape index (κ3) is 5.51. The van der Waals surface area contributed by atoms with Gasteiger partial charge in [-0.2, -0.15) is 0 Å². The molecule has 0 bridgehead atoms. The van der Waals surface area contributed by atoms with Gasteiger partial charge in [-0.25, -0.2) is 9.97 Å². The number of carbonyl (C=O) groups excluding carboxylic acids is 2. The van der Waals surface area contributed by atoms with E-state index in [1.165, 1.54) is 11.8 Å². The number of carbonyl (C=O) groups is 2. The molecule has 1 fully saturated rings. The van der Waals surface area contributed by atoms with E-state index in [2.05, 4.69) is 9.97 Å². The molecule has 3 rings (SSSR count). The Labute approximate surface area is 180 Å². The highest BCUT2D eigenvalue weighted by molar-refractivity contribution is 7.98. The number of thioether (sulfide) groups is 1. The molecule has 0 radical (unpaired) electrons. The zero-order chi connectivity index (χ0) is 21.7. The summed E-state index contributed by atoms with van der Waals surface area (Å²) in [6.45, 7) is 4.08. The Kier molecular flexibility index (Phi) is 7.33. The van der Waals surface area contributed by atoms with Crippen molar-refractivity contribution in [1.29, 1.82) is 0 Å². The molecule has 162 valence electrons. The van der Waals surface area contributed by atoms with E-state index in [0.717, 1.165) is 11.5 Å². The highest BCUT2D eigenvalue weighted by Crippen LogP contribution is 2.24. The first-order valence-electron chi connectivity index (χ1n) is 9.68. The fourth-order valence-corrected chi connectivity index (χ4v) is 3.83. The number of anilines is 1. The van der Waals surface area contributed by atoms with Crippen LogP contribution in [0.1, 0.15) is 28.9 Å². The Hall–Kier alpha value is -2.59. The average molecular weight is 434 g/mol. The van der Waals surface area contributed by atoms with E-state index in [1.807, 2.05) is 25.1 Å². The van der Waals surface area contributed by atoms with Gasteiger partial charge in [-0.05, 0) is 12.1 Å². The number of aromatic nitrogens is 2. The lowest BCUT2D eigenvalue weighted by atomic mass is 10.3. The summed E-state index contributed by atoms with van der Waals surface area (Å²) in [6, 6.07) is 5.39. The Bertz CT molecular complexity index is 893. The number of furan rings is 1. The molecule has 2 aromatic heterocycles. The molecule has 3 heterocycles. The maximum atomic E-state index is 12.7. The highest BCUT2D eigenvalue weighted by Gasteiger charge is 2.25. The van der Waals surface area contributed by atoms with E-state index in [1.54, 1.807) is 36.0 Å². The maximum absolute atomic E-state index is 12.7. The lowest BCUT2D eigenvalue weighted by Gasteiger charge is -2.33. The normalized spacial score (nSPS) is 14.1. The van der Waals surface area contributed by atoms with Crippen molar-refractivity contribution in [2.45, 2.75) is 24.4 Å². The van der Waals surface area contributed by atoms with Crippen LogP contribution in [-0.4, -0.2) is 79.0 Å². The molecule has 9 nitrogen and oxygen atoms in total. The number of piperazine rings is 1. The van der Waals surface area contributed by atoms with Gasteiger partial charge < -0.3 is 23.9 Å². The Morgan fingerprint density at radius 1 is 1.17 bits per heavy atom.